The largest absolute Gasteiger partial charge is 0.507 e. The normalized spacial score (nSPS) is 19.5. The fourth-order valence-corrected chi connectivity index (χ4v) is 3.90. The van der Waals surface area contributed by atoms with E-state index in [2.05, 4.69) is 19.6 Å². The van der Waals surface area contributed by atoms with Crippen molar-refractivity contribution in [1.82, 2.24) is 0 Å². The Morgan fingerprint density at radius 2 is 1.68 bits per heavy atom. The van der Waals surface area contributed by atoms with Crippen LogP contribution in [0.4, 0.5) is 0 Å². The zero-order valence-corrected chi connectivity index (χ0v) is 16.8. The van der Waals surface area contributed by atoms with E-state index in [4.69, 9.17) is 4.74 Å². The second-order valence-electron chi connectivity index (χ2n) is 7.61. The molecule has 2 N–H and O–H groups in total. The molecule has 0 radical (unpaired) electrons. The second-order valence-corrected chi connectivity index (χ2v) is 7.61. The lowest BCUT2D eigenvalue weighted by Gasteiger charge is -2.31. The highest BCUT2D eigenvalue weighted by Crippen LogP contribution is 2.46. The zero-order chi connectivity index (χ0) is 20.3. The summed E-state index contributed by atoms with van der Waals surface area (Å²) in [5.41, 5.74) is 4.71. The summed E-state index contributed by atoms with van der Waals surface area (Å²) in [5.74, 6) is 1.22. The van der Waals surface area contributed by atoms with E-state index in [1.165, 1.54) is 5.57 Å². The lowest BCUT2D eigenvalue weighted by molar-refractivity contribution is 0.407. The number of hydrogen-bond donors (Lipinski definition) is 2. The minimum absolute atomic E-state index is 0.0501. The monoisotopic (exact) mass is 376 g/mol. The van der Waals surface area contributed by atoms with Gasteiger partial charge in [-0.1, -0.05) is 48.1 Å². The third-order valence-electron chi connectivity index (χ3n) is 5.46. The predicted molar refractivity (Wildman–Crippen MR) is 116 cm³/mol. The molecule has 146 valence electrons. The van der Waals surface area contributed by atoms with E-state index in [9.17, 15) is 10.2 Å². The van der Waals surface area contributed by atoms with Crippen molar-refractivity contribution < 1.29 is 14.9 Å². The smallest absolute Gasteiger partial charge is 0.123 e. The average Bonchev–Trinajstić information content (AvgIpc) is 2.66. The number of phenols is 2. The molecule has 0 bridgehead atoms. The Kier molecular flexibility index (Phi) is 5.93. The Bertz CT molecular complexity index is 896. The van der Waals surface area contributed by atoms with Crippen LogP contribution in [0.15, 0.2) is 60.2 Å². The molecule has 0 spiro atoms. The van der Waals surface area contributed by atoms with Crippen LogP contribution in [0.2, 0.25) is 0 Å². The molecule has 0 aliphatic heterocycles. The van der Waals surface area contributed by atoms with Crippen LogP contribution < -0.4 is 4.74 Å². The molecule has 0 unspecified atom stereocenters. The highest BCUT2D eigenvalue weighted by atomic mass is 16.5. The summed E-state index contributed by atoms with van der Waals surface area (Å²) >= 11 is 0. The highest BCUT2D eigenvalue weighted by Gasteiger charge is 2.29. The summed E-state index contributed by atoms with van der Waals surface area (Å²) in [6.07, 6.45) is 7.99. The first-order chi connectivity index (χ1) is 13.4. The van der Waals surface area contributed by atoms with Crippen molar-refractivity contribution in [2.24, 2.45) is 5.92 Å². The Hall–Kier alpha value is -2.94. The number of hydrogen-bond acceptors (Lipinski definition) is 3. The van der Waals surface area contributed by atoms with Crippen LogP contribution >= 0.6 is 0 Å². The molecule has 0 aromatic heterocycles. The van der Waals surface area contributed by atoms with Gasteiger partial charge in [-0.25, -0.2) is 0 Å². The maximum Gasteiger partial charge on any atom is 0.123 e. The molecule has 2 aromatic rings. The summed E-state index contributed by atoms with van der Waals surface area (Å²) in [5, 5.41) is 21.4. The molecule has 28 heavy (non-hydrogen) atoms. The van der Waals surface area contributed by atoms with E-state index in [0.717, 1.165) is 35.3 Å². The van der Waals surface area contributed by atoms with Gasteiger partial charge in [0.1, 0.15) is 17.2 Å². The lowest BCUT2D eigenvalue weighted by Crippen LogP contribution is -2.17. The van der Waals surface area contributed by atoms with Crippen LogP contribution in [0.5, 0.6) is 17.2 Å². The summed E-state index contributed by atoms with van der Waals surface area (Å²) < 4.78 is 5.17. The summed E-state index contributed by atoms with van der Waals surface area (Å²) in [6, 6.07) is 11.1. The Labute approximate surface area is 167 Å². The molecule has 0 saturated heterocycles. The van der Waals surface area contributed by atoms with Crippen molar-refractivity contribution in [3.63, 3.8) is 0 Å². The number of phenolic OH excluding ortho intramolecular Hbond substituents is 2. The summed E-state index contributed by atoms with van der Waals surface area (Å²) in [7, 11) is 1.64. The standard InChI is InChI=1S/C25H28O3/c1-16(2)21-12-5-17(3)13-22(21)25-23(26)14-19(15-24(25)27)7-6-18-8-10-20(28-4)11-9-18/h6-11,13-15,21-22,26-27H,1,5,12H2,2-4H3/t21-,22+/m0/s1. The molecule has 2 aromatic carbocycles. The highest BCUT2D eigenvalue weighted by molar-refractivity contribution is 5.72. The third-order valence-corrected chi connectivity index (χ3v) is 5.46. The zero-order valence-electron chi connectivity index (χ0n) is 16.8. The van der Waals surface area contributed by atoms with Crippen LogP contribution in [0, 0.1) is 5.92 Å². The van der Waals surface area contributed by atoms with Crippen LogP contribution in [-0.4, -0.2) is 17.3 Å². The molecule has 3 nitrogen and oxygen atoms in total. The maximum absolute atomic E-state index is 10.7. The Balaban J connectivity index is 1.90. The average molecular weight is 376 g/mol. The molecule has 0 saturated carbocycles. The van der Waals surface area contributed by atoms with Gasteiger partial charge < -0.3 is 14.9 Å². The number of benzene rings is 2. The van der Waals surface area contributed by atoms with Crippen LogP contribution in [-0.2, 0) is 0 Å². The van der Waals surface area contributed by atoms with Gasteiger partial charge in [0, 0.05) is 11.5 Å². The first-order valence-electron chi connectivity index (χ1n) is 9.59. The van der Waals surface area contributed by atoms with Crippen molar-refractivity contribution in [2.45, 2.75) is 32.6 Å². The number of ether oxygens (including phenoxy) is 1. The SMILES string of the molecule is C=C(C)[C@@H]1CCC(C)=C[C@H]1c1c(O)cc(C=Cc2ccc(OC)cc2)cc1O. The van der Waals surface area contributed by atoms with E-state index in [1.807, 2.05) is 43.3 Å². The van der Waals surface area contributed by atoms with Gasteiger partial charge >= 0.3 is 0 Å². The first kappa shape index (κ1) is 19.8. The van der Waals surface area contributed by atoms with Crippen molar-refractivity contribution in [2.75, 3.05) is 7.11 Å². The number of aromatic hydroxyl groups is 2. The van der Waals surface area contributed by atoms with Gasteiger partial charge in [-0.15, -0.1) is 0 Å². The molecular weight excluding hydrogens is 348 g/mol. The summed E-state index contributed by atoms with van der Waals surface area (Å²) in [6.45, 7) is 8.24. The minimum atomic E-state index is -0.0501. The second kappa shape index (κ2) is 8.39. The number of allylic oxidation sites excluding steroid dienone is 3. The van der Waals surface area contributed by atoms with Gasteiger partial charge in [-0.05, 0) is 68.0 Å². The lowest BCUT2D eigenvalue weighted by atomic mass is 9.73. The van der Waals surface area contributed by atoms with Crippen LogP contribution in [0.25, 0.3) is 12.2 Å². The van der Waals surface area contributed by atoms with Crippen molar-refractivity contribution in [3.8, 4) is 17.2 Å². The van der Waals surface area contributed by atoms with Gasteiger partial charge in [0.25, 0.3) is 0 Å². The maximum atomic E-state index is 10.7. The molecule has 0 heterocycles. The fraction of sp³-hybridized carbons (Fsp3) is 0.280. The van der Waals surface area contributed by atoms with Gasteiger partial charge in [-0.2, -0.15) is 0 Å². The molecule has 1 aliphatic rings. The topological polar surface area (TPSA) is 49.7 Å². The first-order valence-corrected chi connectivity index (χ1v) is 9.59. The molecule has 2 atom stereocenters. The van der Waals surface area contributed by atoms with E-state index < -0.39 is 0 Å². The van der Waals surface area contributed by atoms with E-state index in [0.29, 0.717) is 5.56 Å². The Morgan fingerprint density at radius 3 is 2.25 bits per heavy atom. The minimum Gasteiger partial charge on any atom is -0.507 e. The van der Waals surface area contributed by atoms with Crippen LogP contribution in [0.1, 0.15) is 49.3 Å². The van der Waals surface area contributed by atoms with Crippen molar-refractivity contribution >= 4 is 12.2 Å². The third kappa shape index (κ3) is 4.30. The van der Waals surface area contributed by atoms with Gasteiger partial charge in [0.15, 0.2) is 0 Å². The molecule has 3 heteroatoms. The molecule has 3 rings (SSSR count). The van der Waals surface area contributed by atoms with Gasteiger partial charge in [-0.3, -0.25) is 0 Å². The van der Waals surface area contributed by atoms with E-state index >= 15 is 0 Å². The fourth-order valence-electron chi connectivity index (χ4n) is 3.90. The molecule has 1 aliphatic carbocycles. The summed E-state index contributed by atoms with van der Waals surface area (Å²) in [4.78, 5) is 0. The number of methoxy groups -OCH3 is 1. The quantitative estimate of drug-likeness (QED) is 0.476. The molecule has 0 fully saturated rings. The Morgan fingerprint density at radius 1 is 1.07 bits per heavy atom. The molecular formula is C25H28O3. The van der Waals surface area contributed by atoms with E-state index in [1.54, 1.807) is 19.2 Å². The predicted octanol–water partition coefficient (Wildman–Crippen LogP) is 6.29. The van der Waals surface area contributed by atoms with Crippen LogP contribution in [0.3, 0.4) is 0 Å². The van der Waals surface area contributed by atoms with Gasteiger partial charge in [0.2, 0.25) is 0 Å². The van der Waals surface area contributed by atoms with Crippen molar-refractivity contribution in [3.05, 3.63) is 76.9 Å². The number of rotatable bonds is 5. The van der Waals surface area contributed by atoms with Crippen molar-refractivity contribution in [1.29, 1.82) is 0 Å². The van der Waals surface area contributed by atoms with Gasteiger partial charge in [0.05, 0.1) is 7.11 Å². The molecule has 0 amide bonds. The van der Waals surface area contributed by atoms with E-state index in [-0.39, 0.29) is 23.3 Å².